The number of hydrogen-bond acceptors (Lipinski definition) is 5. The second kappa shape index (κ2) is 9.00. The van der Waals surface area contributed by atoms with Crippen LogP contribution in [0.25, 0.3) is 6.08 Å². The van der Waals surface area contributed by atoms with Crippen molar-refractivity contribution in [3.63, 3.8) is 0 Å². The largest absolute Gasteiger partial charge is 0.487 e. The highest BCUT2D eigenvalue weighted by atomic mass is 127. The summed E-state index contributed by atoms with van der Waals surface area (Å²) >= 11 is 8.00. The van der Waals surface area contributed by atoms with Crippen LogP contribution < -0.4 is 4.74 Å². The predicted molar refractivity (Wildman–Crippen MR) is 130 cm³/mol. The van der Waals surface area contributed by atoms with Gasteiger partial charge in [0.15, 0.2) is 11.5 Å². The molecule has 2 aromatic carbocycles. The van der Waals surface area contributed by atoms with Gasteiger partial charge in [-0.2, -0.15) is 0 Å². The zero-order valence-corrected chi connectivity index (χ0v) is 20.6. The van der Waals surface area contributed by atoms with Crippen LogP contribution in [0.1, 0.15) is 16.9 Å². The lowest BCUT2D eigenvalue weighted by molar-refractivity contribution is -0.130. The standard InChI is InChI=1S/C21H12BrI2NO4/c22-14-5-2-1-4-13(14)11-28-19-15(23)8-12(9-16(19)24)10-17-21(26)29-20(25-17)18-6-3-7-27-18/h1-10H,11H2/b17-10-. The van der Waals surface area contributed by atoms with E-state index in [0.29, 0.717) is 12.4 Å². The fourth-order valence-corrected chi connectivity index (χ4v) is 5.17. The second-order valence-electron chi connectivity index (χ2n) is 6.01. The number of carbonyl (C=O) groups excluding carboxylic acids is 1. The third kappa shape index (κ3) is 4.75. The third-order valence-corrected chi connectivity index (χ3v) is 6.38. The number of carbonyl (C=O) groups is 1. The molecule has 0 aliphatic carbocycles. The van der Waals surface area contributed by atoms with E-state index in [2.05, 4.69) is 66.1 Å². The van der Waals surface area contributed by atoms with Crippen LogP contribution in [-0.2, 0) is 16.1 Å². The van der Waals surface area contributed by atoms with Crippen LogP contribution in [0.15, 0.2) is 74.4 Å². The Labute approximate surface area is 202 Å². The topological polar surface area (TPSA) is 61.0 Å². The lowest BCUT2D eigenvalue weighted by atomic mass is 10.2. The number of esters is 1. The molecular weight excluding hydrogens is 664 g/mol. The molecule has 29 heavy (non-hydrogen) atoms. The highest BCUT2D eigenvalue weighted by Crippen LogP contribution is 2.31. The van der Waals surface area contributed by atoms with Crippen LogP contribution in [0.4, 0.5) is 0 Å². The van der Waals surface area contributed by atoms with Crippen molar-refractivity contribution in [1.82, 2.24) is 0 Å². The van der Waals surface area contributed by atoms with Gasteiger partial charge in [0, 0.05) is 10.0 Å². The number of aliphatic imine (C=N–C) groups is 1. The lowest BCUT2D eigenvalue weighted by Gasteiger charge is -2.12. The molecule has 2 heterocycles. The van der Waals surface area contributed by atoms with E-state index in [1.807, 2.05) is 36.4 Å². The monoisotopic (exact) mass is 675 g/mol. The minimum atomic E-state index is -0.504. The summed E-state index contributed by atoms with van der Waals surface area (Å²) in [6.45, 7) is 0.455. The first kappa shape index (κ1) is 20.6. The van der Waals surface area contributed by atoms with Crippen LogP contribution in [-0.4, -0.2) is 11.9 Å². The smallest absolute Gasteiger partial charge is 0.363 e. The van der Waals surface area contributed by atoms with Gasteiger partial charge in [0.2, 0.25) is 0 Å². The van der Waals surface area contributed by atoms with Gasteiger partial charge >= 0.3 is 5.97 Å². The van der Waals surface area contributed by atoms with Gasteiger partial charge < -0.3 is 13.9 Å². The Balaban J connectivity index is 1.56. The summed E-state index contributed by atoms with van der Waals surface area (Å²) in [6.07, 6.45) is 3.20. The number of halogens is 3. The lowest BCUT2D eigenvalue weighted by Crippen LogP contribution is -2.04. The Hall–Kier alpha value is -1.66. The van der Waals surface area contributed by atoms with Crippen LogP contribution >= 0.6 is 61.1 Å². The minimum absolute atomic E-state index is 0.170. The summed E-state index contributed by atoms with van der Waals surface area (Å²) in [5.41, 5.74) is 2.13. The van der Waals surface area contributed by atoms with Gasteiger partial charge in [0.1, 0.15) is 12.4 Å². The minimum Gasteiger partial charge on any atom is -0.487 e. The molecule has 1 aromatic heterocycles. The van der Waals surface area contributed by atoms with Crippen molar-refractivity contribution < 1.29 is 18.7 Å². The molecule has 5 nitrogen and oxygen atoms in total. The van der Waals surface area contributed by atoms with Crippen molar-refractivity contribution in [2.45, 2.75) is 6.61 Å². The summed E-state index contributed by atoms with van der Waals surface area (Å²) in [4.78, 5) is 16.4. The Morgan fingerprint density at radius 3 is 2.55 bits per heavy atom. The summed E-state index contributed by atoms with van der Waals surface area (Å²) in [5.74, 6) is 0.888. The maximum Gasteiger partial charge on any atom is 0.363 e. The van der Waals surface area contributed by atoms with Crippen molar-refractivity contribution in [1.29, 1.82) is 0 Å². The Kier molecular flexibility index (Phi) is 6.40. The summed E-state index contributed by atoms with van der Waals surface area (Å²) in [7, 11) is 0. The average molecular weight is 676 g/mol. The van der Waals surface area contributed by atoms with Gasteiger partial charge in [-0.15, -0.1) is 0 Å². The summed E-state index contributed by atoms with van der Waals surface area (Å²) < 4.78 is 19.4. The van der Waals surface area contributed by atoms with Gasteiger partial charge in [0.05, 0.1) is 13.4 Å². The van der Waals surface area contributed by atoms with Gasteiger partial charge in [-0.25, -0.2) is 9.79 Å². The first-order valence-corrected chi connectivity index (χ1v) is 11.4. The fraction of sp³-hybridized carbons (Fsp3) is 0.0476. The van der Waals surface area contributed by atoms with E-state index >= 15 is 0 Å². The molecule has 0 radical (unpaired) electrons. The number of hydrogen-bond donors (Lipinski definition) is 0. The zero-order valence-electron chi connectivity index (χ0n) is 14.7. The van der Waals surface area contributed by atoms with Crippen LogP contribution in [0.2, 0.25) is 0 Å². The van der Waals surface area contributed by atoms with Gasteiger partial charge in [-0.3, -0.25) is 0 Å². The molecule has 1 aliphatic rings. The molecule has 0 unspecified atom stereocenters. The van der Waals surface area contributed by atoms with Crippen molar-refractivity contribution in [2.75, 3.05) is 0 Å². The van der Waals surface area contributed by atoms with E-state index in [0.717, 1.165) is 28.5 Å². The number of rotatable bonds is 5. The molecule has 0 spiro atoms. The zero-order chi connectivity index (χ0) is 20.4. The van der Waals surface area contributed by atoms with Gasteiger partial charge in [-0.05, 0) is 87.2 Å². The molecular formula is C21H12BrI2NO4. The molecule has 0 atom stereocenters. The maximum absolute atomic E-state index is 12.1. The summed E-state index contributed by atoms with van der Waals surface area (Å²) in [5, 5.41) is 0. The number of ether oxygens (including phenoxy) is 2. The number of benzene rings is 2. The highest BCUT2D eigenvalue weighted by molar-refractivity contribution is 14.1. The molecule has 0 saturated heterocycles. The molecule has 0 N–H and O–H groups in total. The number of furan rings is 1. The number of cyclic esters (lactones) is 1. The van der Waals surface area contributed by atoms with Crippen molar-refractivity contribution in [3.05, 3.63) is 89.0 Å². The van der Waals surface area contributed by atoms with Gasteiger partial charge in [-0.1, -0.05) is 34.1 Å². The molecule has 8 heteroatoms. The molecule has 0 bridgehead atoms. The predicted octanol–water partition coefficient (Wildman–Crippen LogP) is 6.17. The van der Waals surface area contributed by atoms with Crippen LogP contribution in [0, 0.1) is 7.14 Å². The third-order valence-electron chi connectivity index (χ3n) is 4.01. The SMILES string of the molecule is O=C1OC(c2ccco2)=N/C1=C\c1cc(I)c(OCc2ccccc2Br)c(I)c1. The molecule has 0 fully saturated rings. The van der Waals surface area contributed by atoms with Crippen molar-refractivity contribution >= 4 is 79.1 Å². The quantitative estimate of drug-likeness (QED) is 0.184. The van der Waals surface area contributed by atoms with Crippen LogP contribution in [0.3, 0.4) is 0 Å². The van der Waals surface area contributed by atoms with Crippen molar-refractivity contribution in [3.8, 4) is 5.75 Å². The summed E-state index contributed by atoms with van der Waals surface area (Å²) in [6, 6.07) is 15.2. The van der Waals surface area contributed by atoms with Crippen LogP contribution in [0.5, 0.6) is 5.75 Å². The van der Waals surface area contributed by atoms with Gasteiger partial charge in [0.25, 0.3) is 5.90 Å². The Morgan fingerprint density at radius 2 is 1.86 bits per heavy atom. The van der Waals surface area contributed by atoms with E-state index in [1.54, 1.807) is 18.2 Å². The number of nitrogens with zero attached hydrogens (tertiary/aromatic N) is 1. The Morgan fingerprint density at radius 1 is 1.10 bits per heavy atom. The molecule has 3 aromatic rings. The van der Waals surface area contributed by atoms with E-state index in [1.165, 1.54) is 6.26 Å². The Bertz CT molecular complexity index is 1120. The first-order valence-electron chi connectivity index (χ1n) is 8.43. The molecule has 0 saturated carbocycles. The molecule has 0 amide bonds. The maximum atomic E-state index is 12.1. The van der Waals surface area contributed by atoms with E-state index in [-0.39, 0.29) is 11.6 Å². The van der Waals surface area contributed by atoms with E-state index < -0.39 is 5.97 Å². The van der Waals surface area contributed by atoms with E-state index in [9.17, 15) is 4.79 Å². The highest BCUT2D eigenvalue weighted by Gasteiger charge is 2.26. The average Bonchev–Trinajstić information content (AvgIpc) is 3.33. The second-order valence-corrected chi connectivity index (χ2v) is 9.19. The fourth-order valence-electron chi connectivity index (χ4n) is 2.64. The molecule has 146 valence electrons. The first-order chi connectivity index (χ1) is 14.0. The molecule has 1 aliphatic heterocycles. The molecule has 4 rings (SSSR count). The normalized spacial score (nSPS) is 14.8. The van der Waals surface area contributed by atoms with E-state index in [4.69, 9.17) is 13.9 Å². The van der Waals surface area contributed by atoms with Crippen molar-refractivity contribution in [2.24, 2.45) is 4.99 Å².